The molecule has 18 heavy (non-hydrogen) atoms. The van der Waals surface area contributed by atoms with Gasteiger partial charge in [-0.25, -0.2) is 0 Å². The predicted octanol–water partition coefficient (Wildman–Crippen LogP) is 3.16. The van der Waals surface area contributed by atoms with E-state index in [1.165, 1.54) is 29.3 Å². The van der Waals surface area contributed by atoms with Gasteiger partial charge in [0.05, 0.1) is 0 Å². The molecule has 0 bridgehead atoms. The first kappa shape index (κ1) is 11.5. The van der Waals surface area contributed by atoms with Gasteiger partial charge in [0, 0.05) is 24.8 Å². The maximum atomic E-state index is 6.19. The number of hydrogen-bond acceptors (Lipinski definition) is 2. The molecule has 2 heteroatoms. The van der Waals surface area contributed by atoms with Crippen molar-refractivity contribution >= 4 is 16.5 Å². The van der Waals surface area contributed by atoms with Crippen molar-refractivity contribution in [2.24, 2.45) is 5.73 Å². The summed E-state index contributed by atoms with van der Waals surface area (Å²) in [5.74, 6) is 0. The molecule has 1 saturated carbocycles. The van der Waals surface area contributed by atoms with Gasteiger partial charge in [-0.05, 0) is 42.2 Å². The lowest BCUT2D eigenvalue weighted by Gasteiger charge is -2.30. The molecule has 2 nitrogen and oxygen atoms in total. The minimum Gasteiger partial charge on any atom is -0.370 e. The monoisotopic (exact) mass is 240 g/mol. The molecule has 0 saturated heterocycles. The van der Waals surface area contributed by atoms with Crippen molar-refractivity contribution in [3.63, 3.8) is 0 Å². The van der Waals surface area contributed by atoms with Crippen LogP contribution in [0.1, 0.15) is 19.3 Å². The number of likely N-dealkylation sites (N-methyl/N-ethyl adjacent to an activating group) is 1. The van der Waals surface area contributed by atoms with Crippen molar-refractivity contribution in [2.45, 2.75) is 31.3 Å². The summed E-state index contributed by atoms with van der Waals surface area (Å²) in [6.45, 7) is 0. The van der Waals surface area contributed by atoms with E-state index in [4.69, 9.17) is 5.73 Å². The van der Waals surface area contributed by atoms with Gasteiger partial charge in [0.15, 0.2) is 0 Å². The van der Waals surface area contributed by atoms with Crippen LogP contribution in [0.2, 0.25) is 0 Å². The highest BCUT2D eigenvalue weighted by atomic mass is 15.2. The van der Waals surface area contributed by atoms with Crippen molar-refractivity contribution in [1.29, 1.82) is 0 Å². The first-order valence-corrected chi connectivity index (χ1v) is 6.73. The van der Waals surface area contributed by atoms with Gasteiger partial charge in [-0.1, -0.05) is 30.3 Å². The van der Waals surface area contributed by atoms with E-state index in [0.717, 1.165) is 6.42 Å². The minimum absolute atomic E-state index is 0.321. The smallest absolute Gasteiger partial charge is 0.0437 e. The zero-order chi connectivity index (χ0) is 12.5. The fraction of sp³-hybridized carbons (Fsp3) is 0.375. The Balaban J connectivity index is 1.93. The molecular formula is C16H20N2. The first-order valence-electron chi connectivity index (χ1n) is 6.73. The molecule has 0 amide bonds. The van der Waals surface area contributed by atoms with Crippen molar-refractivity contribution in [3.05, 3.63) is 42.5 Å². The van der Waals surface area contributed by atoms with Gasteiger partial charge < -0.3 is 10.6 Å². The van der Waals surface area contributed by atoms with E-state index in [9.17, 15) is 0 Å². The summed E-state index contributed by atoms with van der Waals surface area (Å²) in [6.07, 6.45) is 3.62. The van der Waals surface area contributed by atoms with E-state index in [1.807, 2.05) is 0 Å². The van der Waals surface area contributed by atoms with Crippen LogP contribution >= 0.6 is 0 Å². The van der Waals surface area contributed by atoms with Crippen molar-refractivity contribution in [1.82, 2.24) is 0 Å². The molecular weight excluding hydrogens is 220 g/mol. The van der Waals surface area contributed by atoms with Gasteiger partial charge in [-0.3, -0.25) is 0 Å². The second-order valence-electron chi connectivity index (χ2n) is 5.30. The Morgan fingerprint density at radius 1 is 1.06 bits per heavy atom. The quantitative estimate of drug-likeness (QED) is 0.873. The minimum atomic E-state index is 0.321. The van der Waals surface area contributed by atoms with E-state index < -0.39 is 0 Å². The molecule has 1 fully saturated rings. The van der Waals surface area contributed by atoms with Gasteiger partial charge in [-0.15, -0.1) is 0 Å². The number of fused-ring (bicyclic) bond motifs is 1. The zero-order valence-electron chi connectivity index (χ0n) is 10.8. The Labute approximate surface area is 108 Å². The molecule has 0 aliphatic heterocycles. The maximum Gasteiger partial charge on any atom is 0.0437 e. The molecule has 0 aromatic heterocycles. The average molecular weight is 240 g/mol. The Hall–Kier alpha value is -1.54. The summed E-state index contributed by atoms with van der Waals surface area (Å²) in [5.41, 5.74) is 7.46. The molecule has 3 rings (SSSR count). The molecule has 2 unspecified atom stereocenters. The summed E-state index contributed by atoms with van der Waals surface area (Å²) < 4.78 is 0. The summed E-state index contributed by atoms with van der Waals surface area (Å²) in [4.78, 5) is 2.35. The van der Waals surface area contributed by atoms with Crippen LogP contribution in [-0.4, -0.2) is 19.1 Å². The fourth-order valence-electron chi connectivity index (χ4n) is 3.04. The summed E-state index contributed by atoms with van der Waals surface area (Å²) in [7, 11) is 2.17. The number of hydrogen-bond donors (Lipinski definition) is 1. The molecule has 2 aromatic rings. The summed E-state index contributed by atoms with van der Waals surface area (Å²) in [5, 5.41) is 2.60. The third-order valence-corrected chi connectivity index (χ3v) is 4.17. The predicted molar refractivity (Wildman–Crippen MR) is 78.0 cm³/mol. The van der Waals surface area contributed by atoms with Crippen molar-refractivity contribution < 1.29 is 0 Å². The SMILES string of the molecule is CN(c1ccc2ccccc2c1)C1CCCC1N. The number of nitrogens with two attached hydrogens (primary N) is 1. The Bertz CT molecular complexity index is 550. The van der Waals surface area contributed by atoms with Gasteiger partial charge in [0.25, 0.3) is 0 Å². The second kappa shape index (κ2) is 4.62. The molecule has 0 spiro atoms. The maximum absolute atomic E-state index is 6.19. The Morgan fingerprint density at radius 2 is 1.83 bits per heavy atom. The number of nitrogens with zero attached hydrogens (tertiary/aromatic N) is 1. The lowest BCUT2D eigenvalue weighted by Crippen LogP contribution is -2.42. The highest BCUT2D eigenvalue weighted by Crippen LogP contribution is 2.28. The van der Waals surface area contributed by atoms with E-state index in [0.29, 0.717) is 12.1 Å². The second-order valence-corrected chi connectivity index (χ2v) is 5.30. The molecule has 2 aromatic carbocycles. The Kier molecular flexibility index (Phi) is 2.96. The van der Waals surface area contributed by atoms with Crippen LogP contribution in [0.5, 0.6) is 0 Å². The molecule has 2 N–H and O–H groups in total. The highest BCUT2D eigenvalue weighted by Gasteiger charge is 2.27. The lowest BCUT2D eigenvalue weighted by atomic mass is 10.1. The topological polar surface area (TPSA) is 29.3 Å². The zero-order valence-corrected chi connectivity index (χ0v) is 10.8. The van der Waals surface area contributed by atoms with E-state index in [2.05, 4.69) is 54.4 Å². The third-order valence-electron chi connectivity index (χ3n) is 4.17. The molecule has 0 radical (unpaired) electrons. The first-order chi connectivity index (χ1) is 8.75. The van der Waals surface area contributed by atoms with Crippen LogP contribution in [-0.2, 0) is 0 Å². The Morgan fingerprint density at radius 3 is 2.56 bits per heavy atom. The summed E-state index contributed by atoms with van der Waals surface area (Å²) >= 11 is 0. The van der Waals surface area contributed by atoms with Gasteiger partial charge >= 0.3 is 0 Å². The molecule has 94 valence electrons. The molecule has 0 heterocycles. The molecule has 1 aliphatic carbocycles. The number of benzene rings is 2. The summed E-state index contributed by atoms with van der Waals surface area (Å²) in [6, 6.07) is 16.0. The van der Waals surface area contributed by atoms with Crippen LogP contribution in [0, 0.1) is 0 Å². The standard InChI is InChI=1S/C16H20N2/c1-18(16-8-4-7-15(16)17)14-10-9-12-5-2-3-6-13(12)11-14/h2-3,5-6,9-11,15-16H,4,7-8,17H2,1H3. The fourth-order valence-corrected chi connectivity index (χ4v) is 3.04. The molecule has 1 aliphatic rings. The van der Waals surface area contributed by atoms with Crippen LogP contribution in [0.15, 0.2) is 42.5 Å². The number of rotatable bonds is 2. The highest BCUT2D eigenvalue weighted by molar-refractivity contribution is 5.85. The normalized spacial score (nSPS) is 23.4. The van der Waals surface area contributed by atoms with E-state index >= 15 is 0 Å². The van der Waals surface area contributed by atoms with E-state index in [-0.39, 0.29) is 0 Å². The van der Waals surface area contributed by atoms with Gasteiger partial charge in [0.2, 0.25) is 0 Å². The largest absolute Gasteiger partial charge is 0.370 e. The van der Waals surface area contributed by atoms with Gasteiger partial charge in [-0.2, -0.15) is 0 Å². The van der Waals surface area contributed by atoms with Gasteiger partial charge in [0.1, 0.15) is 0 Å². The third kappa shape index (κ3) is 1.97. The number of anilines is 1. The van der Waals surface area contributed by atoms with Crippen molar-refractivity contribution in [2.75, 3.05) is 11.9 Å². The van der Waals surface area contributed by atoms with Crippen molar-refractivity contribution in [3.8, 4) is 0 Å². The van der Waals surface area contributed by atoms with Crippen LogP contribution in [0.3, 0.4) is 0 Å². The van der Waals surface area contributed by atoms with Crippen LogP contribution in [0.4, 0.5) is 5.69 Å². The van der Waals surface area contributed by atoms with E-state index in [1.54, 1.807) is 0 Å². The lowest BCUT2D eigenvalue weighted by molar-refractivity contribution is 0.573. The van der Waals surface area contributed by atoms with Crippen LogP contribution < -0.4 is 10.6 Å². The molecule has 2 atom stereocenters. The average Bonchev–Trinajstić information content (AvgIpc) is 2.83. The van der Waals surface area contributed by atoms with Crippen LogP contribution in [0.25, 0.3) is 10.8 Å².